The molecule has 1 aromatic heterocycles. The van der Waals surface area contributed by atoms with Crippen LogP contribution in [0.2, 0.25) is 15.1 Å². The number of carbonyl (C=O) groups excluding carboxylic acids is 1. The first kappa shape index (κ1) is 18.5. The van der Waals surface area contributed by atoms with Crippen molar-refractivity contribution >= 4 is 40.7 Å². The predicted molar refractivity (Wildman–Crippen MR) is 100 cm³/mol. The first-order chi connectivity index (χ1) is 12.0. The number of halogens is 3. The van der Waals surface area contributed by atoms with Gasteiger partial charge in [-0.2, -0.15) is 5.10 Å². The smallest absolute Gasteiger partial charge is 0.244 e. The maximum absolute atomic E-state index is 12.5. The normalized spacial score (nSPS) is 15.6. The fourth-order valence-corrected chi connectivity index (χ4v) is 3.53. The fourth-order valence-electron chi connectivity index (χ4n) is 2.87. The van der Waals surface area contributed by atoms with Crippen LogP contribution in [0.4, 0.5) is 0 Å². The van der Waals surface area contributed by atoms with Gasteiger partial charge in [0.1, 0.15) is 6.54 Å². The molecule has 2 heterocycles. The number of hydrogen-bond donors (Lipinski definition) is 0. The Labute approximate surface area is 162 Å². The third kappa shape index (κ3) is 4.29. The van der Waals surface area contributed by atoms with Gasteiger partial charge in [-0.05, 0) is 19.1 Å². The summed E-state index contributed by atoms with van der Waals surface area (Å²) in [5.41, 5.74) is 1.74. The fraction of sp³-hybridized carbons (Fsp3) is 0.412. The molecule has 1 aromatic carbocycles. The van der Waals surface area contributed by atoms with Crippen molar-refractivity contribution < 1.29 is 4.79 Å². The Kier molecular flexibility index (Phi) is 5.89. The number of piperazine rings is 1. The summed E-state index contributed by atoms with van der Waals surface area (Å²) in [5, 5.41) is 6.07. The standard InChI is InChI=1S/C17H19Cl3N4O/c1-12-16(20)9-21-24(12)11-17(25)23-7-5-22(6-8-23)10-13-14(18)3-2-4-15(13)19/h2-4,9H,5-8,10-11H2,1H3. The van der Waals surface area contributed by atoms with Crippen LogP contribution in [-0.2, 0) is 17.9 Å². The van der Waals surface area contributed by atoms with Gasteiger partial charge in [-0.1, -0.05) is 40.9 Å². The lowest BCUT2D eigenvalue weighted by atomic mass is 10.2. The topological polar surface area (TPSA) is 41.4 Å². The van der Waals surface area contributed by atoms with Crippen LogP contribution in [0, 0.1) is 6.92 Å². The third-order valence-electron chi connectivity index (χ3n) is 4.50. The average molecular weight is 402 g/mol. The molecule has 1 amide bonds. The lowest BCUT2D eigenvalue weighted by Crippen LogP contribution is -2.49. The lowest BCUT2D eigenvalue weighted by molar-refractivity contribution is -0.133. The summed E-state index contributed by atoms with van der Waals surface area (Å²) >= 11 is 18.5. The van der Waals surface area contributed by atoms with E-state index in [9.17, 15) is 4.79 Å². The molecule has 0 unspecified atom stereocenters. The molecule has 134 valence electrons. The van der Waals surface area contributed by atoms with Crippen molar-refractivity contribution in [3.8, 4) is 0 Å². The number of carbonyl (C=O) groups is 1. The third-order valence-corrected chi connectivity index (χ3v) is 5.58. The van der Waals surface area contributed by atoms with Crippen molar-refractivity contribution in [2.24, 2.45) is 0 Å². The van der Waals surface area contributed by atoms with Crippen LogP contribution in [0.1, 0.15) is 11.3 Å². The van der Waals surface area contributed by atoms with Crippen LogP contribution in [0.25, 0.3) is 0 Å². The Morgan fingerprint density at radius 3 is 2.28 bits per heavy atom. The van der Waals surface area contributed by atoms with E-state index >= 15 is 0 Å². The van der Waals surface area contributed by atoms with Gasteiger partial charge in [-0.3, -0.25) is 14.4 Å². The van der Waals surface area contributed by atoms with E-state index in [0.717, 1.165) is 24.3 Å². The van der Waals surface area contributed by atoms with Gasteiger partial charge in [0.25, 0.3) is 0 Å². The minimum atomic E-state index is 0.0540. The second-order valence-corrected chi connectivity index (χ2v) is 7.31. The van der Waals surface area contributed by atoms with Gasteiger partial charge in [0, 0.05) is 48.3 Å². The molecule has 1 fully saturated rings. The lowest BCUT2D eigenvalue weighted by Gasteiger charge is -2.35. The zero-order valence-corrected chi connectivity index (χ0v) is 16.2. The molecule has 1 saturated heterocycles. The van der Waals surface area contributed by atoms with Crippen LogP contribution < -0.4 is 0 Å². The zero-order valence-electron chi connectivity index (χ0n) is 13.9. The molecular formula is C17H19Cl3N4O. The number of aromatic nitrogens is 2. The van der Waals surface area contributed by atoms with Crippen molar-refractivity contribution in [1.29, 1.82) is 0 Å². The summed E-state index contributed by atoms with van der Waals surface area (Å²) in [7, 11) is 0. The highest BCUT2D eigenvalue weighted by molar-refractivity contribution is 6.36. The van der Waals surface area contributed by atoms with Gasteiger partial charge >= 0.3 is 0 Å². The van der Waals surface area contributed by atoms with Gasteiger partial charge in [0.05, 0.1) is 16.9 Å². The molecule has 1 aliphatic heterocycles. The van der Waals surface area contributed by atoms with E-state index < -0.39 is 0 Å². The Hall–Kier alpha value is -1.27. The molecule has 2 aromatic rings. The van der Waals surface area contributed by atoms with E-state index in [1.165, 1.54) is 0 Å². The first-order valence-corrected chi connectivity index (χ1v) is 9.20. The highest BCUT2D eigenvalue weighted by Crippen LogP contribution is 2.26. The van der Waals surface area contributed by atoms with Crippen molar-refractivity contribution in [1.82, 2.24) is 19.6 Å². The second-order valence-electron chi connectivity index (χ2n) is 6.09. The second kappa shape index (κ2) is 7.96. The summed E-state index contributed by atoms with van der Waals surface area (Å²) in [6, 6.07) is 5.54. The van der Waals surface area contributed by atoms with Crippen molar-refractivity contribution in [2.75, 3.05) is 26.2 Å². The minimum Gasteiger partial charge on any atom is -0.339 e. The number of nitrogens with zero attached hydrogens (tertiary/aromatic N) is 4. The van der Waals surface area contributed by atoms with Gasteiger partial charge in [0.15, 0.2) is 0 Å². The van der Waals surface area contributed by atoms with E-state index in [1.807, 2.05) is 30.0 Å². The molecule has 25 heavy (non-hydrogen) atoms. The first-order valence-electron chi connectivity index (χ1n) is 8.06. The molecule has 0 bridgehead atoms. The molecule has 3 rings (SSSR count). The maximum Gasteiger partial charge on any atom is 0.244 e. The highest BCUT2D eigenvalue weighted by Gasteiger charge is 2.23. The van der Waals surface area contributed by atoms with Crippen LogP contribution >= 0.6 is 34.8 Å². The highest BCUT2D eigenvalue weighted by atomic mass is 35.5. The quantitative estimate of drug-likeness (QED) is 0.787. The number of benzene rings is 1. The summed E-state index contributed by atoms with van der Waals surface area (Å²) in [6.45, 7) is 5.68. The van der Waals surface area contributed by atoms with Crippen LogP contribution in [0.5, 0.6) is 0 Å². The Morgan fingerprint density at radius 2 is 1.72 bits per heavy atom. The van der Waals surface area contributed by atoms with Crippen molar-refractivity contribution in [2.45, 2.75) is 20.0 Å². The Bertz CT molecular complexity index is 749. The largest absolute Gasteiger partial charge is 0.339 e. The number of amides is 1. The molecule has 5 nitrogen and oxygen atoms in total. The van der Waals surface area contributed by atoms with Gasteiger partial charge in [-0.25, -0.2) is 0 Å². The SMILES string of the molecule is Cc1c(Cl)cnn1CC(=O)N1CCN(Cc2c(Cl)cccc2Cl)CC1. The van der Waals surface area contributed by atoms with E-state index in [4.69, 9.17) is 34.8 Å². The molecule has 1 aliphatic rings. The molecule has 8 heteroatoms. The maximum atomic E-state index is 12.5. The predicted octanol–water partition coefficient (Wildman–Crippen LogP) is 3.50. The van der Waals surface area contributed by atoms with E-state index in [0.29, 0.717) is 34.7 Å². The summed E-state index contributed by atoms with van der Waals surface area (Å²) in [5.74, 6) is 0.0540. The van der Waals surface area contributed by atoms with Crippen molar-refractivity contribution in [3.63, 3.8) is 0 Å². The van der Waals surface area contributed by atoms with Crippen LogP contribution in [0.3, 0.4) is 0 Å². The zero-order chi connectivity index (χ0) is 18.0. The Morgan fingerprint density at radius 1 is 1.08 bits per heavy atom. The Balaban J connectivity index is 1.55. The molecule has 0 spiro atoms. The number of hydrogen-bond acceptors (Lipinski definition) is 3. The van der Waals surface area contributed by atoms with Crippen LogP contribution in [-0.4, -0.2) is 51.7 Å². The molecule has 0 aliphatic carbocycles. The summed E-state index contributed by atoms with van der Waals surface area (Å²) in [4.78, 5) is 16.6. The van der Waals surface area contributed by atoms with E-state index in [-0.39, 0.29) is 12.5 Å². The molecular weight excluding hydrogens is 383 g/mol. The molecule has 0 radical (unpaired) electrons. The van der Waals surface area contributed by atoms with E-state index in [2.05, 4.69) is 10.00 Å². The molecule has 0 atom stereocenters. The van der Waals surface area contributed by atoms with Crippen LogP contribution in [0.15, 0.2) is 24.4 Å². The summed E-state index contributed by atoms with van der Waals surface area (Å²) < 4.78 is 1.64. The van der Waals surface area contributed by atoms with E-state index in [1.54, 1.807) is 10.9 Å². The average Bonchev–Trinajstić information content (AvgIpc) is 2.91. The molecule has 0 saturated carbocycles. The monoisotopic (exact) mass is 400 g/mol. The van der Waals surface area contributed by atoms with Crippen molar-refractivity contribution in [3.05, 3.63) is 50.7 Å². The minimum absolute atomic E-state index is 0.0540. The molecule has 0 N–H and O–H groups in total. The van der Waals surface area contributed by atoms with Gasteiger partial charge < -0.3 is 4.90 Å². The van der Waals surface area contributed by atoms with Gasteiger partial charge in [0.2, 0.25) is 5.91 Å². The number of rotatable bonds is 4. The summed E-state index contributed by atoms with van der Waals surface area (Å²) in [6.07, 6.45) is 1.56. The van der Waals surface area contributed by atoms with Gasteiger partial charge in [-0.15, -0.1) is 0 Å².